The molecular formula is C24H29N5O6. The predicted octanol–water partition coefficient (Wildman–Crippen LogP) is 3.02. The molecule has 11 nitrogen and oxygen atoms in total. The number of nitrogens with one attached hydrogen (secondary N) is 2. The third-order valence-corrected chi connectivity index (χ3v) is 5.88. The molecule has 0 spiro atoms. The van der Waals surface area contributed by atoms with Gasteiger partial charge in [-0.05, 0) is 43.9 Å². The maximum Gasteiger partial charge on any atom is 0.269 e. The van der Waals surface area contributed by atoms with E-state index in [1.165, 1.54) is 13.3 Å². The number of aromatic amines is 1. The zero-order chi connectivity index (χ0) is 24.8. The van der Waals surface area contributed by atoms with Gasteiger partial charge in [0, 0.05) is 11.6 Å². The summed E-state index contributed by atoms with van der Waals surface area (Å²) in [6.45, 7) is 0. The van der Waals surface area contributed by atoms with Crippen molar-refractivity contribution in [2.45, 2.75) is 37.8 Å². The van der Waals surface area contributed by atoms with Crippen molar-refractivity contribution in [3.8, 4) is 40.3 Å². The van der Waals surface area contributed by atoms with Crippen LogP contribution in [0.4, 0.5) is 0 Å². The highest BCUT2D eigenvalue weighted by Gasteiger charge is 2.25. The van der Waals surface area contributed by atoms with Gasteiger partial charge in [0.05, 0.1) is 46.5 Å². The number of methoxy groups -OCH3 is 4. The minimum atomic E-state index is -0.209. The van der Waals surface area contributed by atoms with Crippen LogP contribution >= 0.6 is 0 Å². The SMILES string of the molecule is COc1cncc(OC2CCC(NC(=O)c3cc(-c4cc(OC)c(OC)c(OC)c4)n[nH]3)CC2)n1. The molecule has 0 atom stereocenters. The van der Waals surface area contributed by atoms with E-state index in [0.717, 1.165) is 31.2 Å². The van der Waals surface area contributed by atoms with Gasteiger partial charge in [0.1, 0.15) is 11.8 Å². The summed E-state index contributed by atoms with van der Waals surface area (Å²) in [5.74, 6) is 2.15. The molecule has 2 aromatic heterocycles. The average molecular weight is 484 g/mol. The molecule has 1 aromatic carbocycles. The van der Waals surface area contributed by atoms with Crippen molar-refractivity contribution in [1.82, 2.24) is 25.5 Å². The number of carbonyl (C=O) groups excluding carboxylic acids is 1. The van der Waals surface area contributed by atoms with Crippen LogP contribution < -0.4 is 29.0 Å². The van der Waals surface area contributed by atoms with E-state index >= 15 is 0 Å². The van der Waals surface area contributed by atoms with Crippen LogP contribution in [0.2, 0.25) is 0 Å². The molecule has 0 bridgehead atoms. The minimum Gasteiger partial charge on any atom is -0.493 e. The Hall–Kier alpha value is -4.02. The van der Waals surface area contributed by atoms with E-state index in [-0.39, 0.29) is 18.1 Å². The molecule has 0 saturated heterocycles. The minimum absolute atomic E-state index is 0.0170. The summed E-state index contributed by atoms with van der Waals surface area (Å²) < 4.78 is 27.2. The molecule has 1 aliphatic carbocycles. The van der Waals surface area contributed by atoms with Gasteiger partial charge in [-0.3, -0.25) is 14.9 Å². The molecule has 2 heterocycles. The summed E-state index contributed by atoms with van der Waals surface area (Å²) >= 11 is 0. The molecule has 3 aromatic rings. The second-order valence-corrected chi connectivity index (χ2v) is 8.05. The van der Waals surface area contributed by atoms with Crippen molar-refractivity contribution in [3.05, 3.63) is 36.3 Å². The third kappa shape index (κ3) is 5.56. The van der Waals surface area contributed by atoms with Gasteiger partial charge in [-0.1, -0.05) is 0 Å². The van der Waals surface area contributed by atoms with Crippen molar-refractivity contribution in [3.63, 3.8) is 0 Å². The van der Waals surface area contributed by atoms with Gasteiger partial charge in [-0.25, -0.2) is 0 Å². The molecule has 2 N–H and O–H groups in total. The number of amides is 1. The monoisotopic (exact) mass is 483 g/mol. The summed E-state index contributed by atoms with van der Waals surface area (Å²) in [5.41, 5.74) is 1.69. The smallest absolute Gasteiger partial charge is 0.269 e. The molecular weight excluding hydrogens is 454 g/mol. The lowest BCUT2D eigenvalue weighted by Gasteiger charge is -2.29. The van der Waals surface area contributed by atoms with Crippen LogP contribution in [0, 0.1) is 0 Å². The van der Waals surface area contributed by atoms with Gasteiger partial charge in [0.2, 0.25) is 17.5 Å². The normalized spacial score (nSPS) is 17.4. The predicted molar refractivity (Wildman–Crippen MR) is 126 cm³/mol. The van der Waals surface area contributed by atoms with Crippen molar-refractivity contribution in [2.24, 2.45) is 0 Å². The average Bonchev–Trinajstić information content (AvgIpc) is 3.39. The Balaban J connectivity index is 1.35. The summed E-state index contributed by atoms with van der Waals surface area (Å²) in [6, 6.07) is 5.32. The zero-order valence-electron chi connectivity index (χ0n) is 20.2. The van der Waals surface area contributed by atoms with E-state index < -0.39 is 0 Å². The second kappa shape index (κ2) is 10.9. The van der Waals surface area contributed by atoms with Crippen molar-refractivity contribution in [1.29, 1.82) is 0 Å². The highest BCUT2D eigenvalue weighted by Crippen LogP contribution is 2.40. The third-order valence-electron chi connectivity index (χ3n) is 5.88. The topological polar surface area (TPSA) is 130 Å². The van der Waals surface area contributed by atoms with Crippen LogP contribution in [0.5, 0.6) is 29.0 Å². The Labute approximate surface area is 203 Å². The standard InChI is InChI=1S/C24H29N5O6/c1-31-19-9-14(10-20(32-2)23(19)34-4)17-11-18(29-28-17)24(30)26-15-5-7-16(8-6-15)35-22-13-25-12-21(27-22)33-3/h9-13,15-16H,5-8H2,1-4H3,(H,26,30)(H,28,29). The molecule has 35 heavy (non-hydrogen) atoms. The maximum atomic E-state index is 12.8. The number of benzene rings is 1. The Morgan fingerprint density at radius 2 is 1.60 bits per heavy atom. The number of aromatic nitrogens is 4. The first-order valence-corrected chi connectivity index (χ1v) is 11.2. The van der Waals surface area contributed by atoms with Crippen LogP contribution in [-0.4, -0.2) is 66.7 Å². The first-order chi connectivity index (χ1) is 17.0. The number of hydrogen-bond acceptors (Lipinski definition) is 9. The number of hydrogen-bond donors (Lipinski definition) is 2. The fraction of sp³-hybridized carbons (Fsp3) is 0.417. The lowest BCUT2D eigenvalue weighted by atomic mass is 9.93. The number of H-pyrrole nitrogens is 1. The summed E-state index contributed by atoms with van der Waals surface area (Å²) in [5, 5.41) is 10.2. The van der Waals surface area contributed by atoms with Gasteiger partial charge >= 0.3 is 0 Å². The van der Waals surface area contributed by atoms with Crippen molar-refractivity contribution < 1.29 is 28.5 Å². The van der Waals surface area contributed by atoms with Crippen LogP contribution in [-0.2, 0) is 0 Å². The van der Waals surface area contributed by atoms with E-state index in [1.54, 1.807) is 45.7 Å². The van der Waals surface area contributed by atoms with Gasteiger partial charge < -0.3 is 29.0 Å². The Morgan fingerprint density at radius 3 is 2.23 bits per heavy atom. The summed E-state index contributed by atoms with van der Waals surface area (Å²) in [6.07, 6.45) is 6.29. The largest absolute Gasteiger partial charge is 0.493 e. The van der Waals surface area contributed by atoms with Gasteiger partial charge in [-0.15, -0.1) is 0 Å². The number of carbonyl (C=O) groups is 1. The van der Waals surface area contributed by atoms with E-state index in [4.69, 9.17) is 23.7 Å². The Morgan fingerprint density at radius 1 is 0.914 bits per heavy atom. The number of rotatable bonds is 9. The maximum absolute atomic E-state index is 12.8. The molecule has 0 unspecified atom stereocenters. The molecule has 4 rings (SSSR count). The number of nitrogens with zero attached hydrogens (tertiary/aromatic N) is 3. The quantitative estimate of drug-likeness (QED) is 0.472. The summed E-state index contributed by atoms with van der Waals surface area (Å²) in [7, 11) is 6.18. The first kappa shape index (κ1) is 24.1. The van der Waals surface area contributed by atoms with Crippen molar-refractivity contribution in [2.75, 3.05) is 28.4 Å². The van der Waals surface area contributed by atoms with E-state index in [2.05, 4.69) is 25.5 Å². The lowest BCUT2D eigenvalue weighted by molar-refractivity contribution is 0.0884. The lowest BCUT2D eigenvalue weighted by Crippen LogP contribution is -2.39. The molecule has 1 fully saturated rings. The van der Waals surface area contributed by atoms with E-state index in [1.807, 2.05) is 0 Å². The highest BCUT2D eigenvalue weighted by molar-refractivity contribution is 5.93. The fourth-order valence-corrected chi connectivity index (χ4v) is 4.06. The highest BCUT2D eigenvalue weighted by atomic mass is 16.5. The second-order valence-electron chi connectivity index (χ2n) is 8.05. The van der Waals surface area contributed by atoms with Crippen LogP contribution in [0.3, 0.4) is 0 Å². The van der Waals surface area contributed by atoms with Gasteiger partial charge in [0.25, 0.3) is 5.91 Å². The van der Waals surface area contributed by atoms with E-state index in [0.29, 0.717) is 40.4 Å². The summed E-state index contributed by atoms with van der Waals surface area (Å²) in [4.78, 5) is 21.1. The molecule has 186 valence electrons. The molecule has 0 aliphatic heterocycles. The zero-order valence-corrected chi connectivity index (χ0v) is 20.2. The van der Waals surface area contributed by atoms with Gasteiger partial charge in [-0.2, -0.15) is 10.1 Å². The molecule has 0 radical (unpaired) electrons. The molecule has 1 amide bonds. The van der Waals surface area contributed by atoms with Crippen LogP contribution in [0.25, 0.3) is 11.3 Å². The molecule has 1 saturated carbocycles. The van der Waals surface area contributed by atoms with Crippen LogP contribution in [0.15, 0.2) is 30.6 Å². The Bertz CT molecular complexity index is 1130. The molecule has 1 aliphatic rings. The van der Waals surface area contributed by atoms with Crippen LogP contribution in [0.1, 0.15) is 36.2 Å². The van der Waals surface area contributed by atoms with E-state index in [9.17, 15) is 4.79 Å². The molecule has 11 heteroatoms. The van der Waals surface area contributed by atoms with Crippen molar-refractivity contribution >= 4 is 5.91 Å². The van der Waals surface area contributed by atoms with Gasteiger partial charge in [0.15, 0.2) is 11.5 Å². The fourth-order valence-electron chi connectivity index (χ4n) is 4.06. The first-order valence-electron chi connectivity index (χ1n) is 11.2. The number of ether oxygens (including phenoxy) is 5. The Kier molecular flexibility index (Phi) is 7.54.